The highest BCUT2D eigenvalue weighted by Crippen LogP contribution is 2.17. The number of hydrogen-bond acceptors (Lipinski definition) is 9. The Bertz CT molecular complexity index is 231. The maximum Gasteiger partial charge on any atom is 0.508 e. The molecule has 0 saturated carbocycles. The van der Waals surface area contributed by atoms with Crippen LogP contribution < -0.4 is 0 Å². The summed E-state index contributed by atoms with van der Waals surface area (Å²) >= 11 is 0. The average Bonchev–Trinajstić information content (AvgIpc) is 2.51. The van der Waals surface area contributed by atoms with Gasteiger partial charge in [0.15, 0.2) is 0 Å². The number of aliphatic hydroxyl groups is 6. The van der Waals surface area contributed by atoms with Crippen molar-refractivity contribution in [1.29, 1.82) is 0 Å². The third kappa shape index (κ3) is 5.19. The molecule has 0 radical (unpaired) electrons. The summed E-state index contributed by atoms with van der Waals surface area (Å²) in [5, 5.41) is 54.1. The van der Waals surface area contributed by atoms with Crippen LogP contribution in [0, 0.1) is 10.8 Å². The van der Waals surface area contributed by atoms with Crippen LogP contribution in [-0.4, -0.2) is 89.6 Å². The van der Waals surface area contributed by atoms with Gasteiger partial charge in [0.2, 0.25) is 0 Å². The first-order valence-corrected chi connectivity index (χ1v) is 5.92. The second-order valence-corrected chi connectivity index (χ2v) is 4.78. The van der Waals surface area contributed by atoms with Gasteiger partial charge in [0, 0.05) is 0 Å². The smallest absolute Gasteiger partial charge is 0.433 e. The lowest BCUT2D eigenvalue weighted by Gasteiger charge is -2.28. The van der Waals surface area contributed by atoms with E-state index in [1.807, 2.05) is 0 Å². The highest BCUT2D eigenvalue weighted by Gasteiger charge is 2.33. The quantitative estimate of drug-likeness (QED) is 0.232. The zero-order valence-electron chi connectivity index (χ0n) is 11.1. The molecule has 0 spiro atoms. The van der Waals surface area contributed by atoms with Crippen LogP contribution in [0.25, 0.3) is 0 Å². The van der Waals surface area contributed by atoms with Crippen LogP contribution in [-0.2, 0) is 9.47 Å². The lowest BCUT2D eigenvalue weighted by molar-refractivity contribution is -0.0734. The van der Waals surface area contributed by atoms with E-state index in [2.05, 4.69) is 9.47 Å². The number of aliphatic hydroxyl groups excluding tert-OH is 6. The van der Waals surface area contributed by atoms with Gasteiger partial charge in [-0.1, -0.05) is 0 Å². The molecule has 0 aliphatic carbocycles. The van der Waals surface area contributed by atoms with Crippen LogP contribution >= 0.6 is 0 Å². The fraction of sp³-hybridized carbons (Fsp3) is 0.909. The van der Waals surface area contributed by atoms with Gasteiger partial charge in [0.1, 0.15) is 13.2 Å². The molecule has 9 nitrogen and oxygen atoms in total. The van der Waals surface area contributed by atoms with Crippen LogP contribution in [0.5, 0.6) is 0 Å². The van der Waals surface area contributed by atoms with Gasteiger partial charge in [0.25, 0.3) is 0 Å². The van der Waals surface area contributed by atoms with E-state index in [0.717, 1.165) is 0 Å². The van der Waals surface area contributed by atoms with Gasteiger partial charge in [-0.3, -0.25) is 0 Å². The summed E-state index contributed by atoms with van der Waals surface area (Å²) in [6.45, 7) is -4.52. The molecule has 0 atom stereocenters. The van der Waals surface area contributed by atoms with Crippen molar-refractivity contribution in [2.75, 3.05) is 52.9 Å². The summed E-state index contributed by atoms with van der Waals surface area (Å²) < 4.78 is 9.25. The van der Waals surface area contributed by atoms with Crippen LogP contribution in [0.4, 0.5) is 4.79 Å². The first-order chi connectivity index (χ1) is 9.46. The second-order valence-electron chi connectivity index (χ2n) is 4.78. The van der Waals surface area contributed by atoms with Crippen molar-refractivity contribution >= 4 is 6.16 Å². The summed E-state index contributed by atoms with van der Waals surface area (Å²) in [5.41, 5.74) is -2.75. The normalized spacial score (nSPS) is 12.3. The molecule has 9 heteroatoms. The van der Waals surface area contributed by atoms with Crippen LogP contribution in [0.15, 0.2) is 0 Å². The van der Waals surface area contributed by atoms with Crippen LogP contribution in [0.3, 0.4) is 0 Å². The molecule has 0 aromatic heterocycles. The van der Waals surface area contributed by atoms with E-state index < -0.39 is 69.8 Å². The fourth-order valence-corrected chi connectivity index (χ4v) is 1.04. The molecule has 120 valence electrons. The van der Waals surface area contributed by atoms with E-state index in [4.69, 9.17) is 30.6 Å². The third-order valence-corrected chi connectivity index (χ3v) is 3.00. The van der Waals surface area contributed by atoms with Gasteiger partial charge in [0.05, 0.1) is 50.5 Å². The molecule has 0 aromatic rings. The van der Waals surface area contributed by atoms with Crippen molar-refractivity contribution in [2.45, 2.75) is 0 Å². The molecule has 0 saturated heterocycles. The highest BCUT2D eigenvalue weighted by molar-refractivity contribution is 5.59. The SMILES string of the molecule is O=C(OCC(CO)(CO)CO)OCC(CO)(CO)CO. The molecule has 0 unspecified atom stereocenters. The van der Waals surface area contributed by atoms with Gasteiger partial charge in [-0.2, -0.15) is 0 Å². The van der Waals surface area contributed by atoms with E-state index in [-0.39, 0.29) is 0 Å². The Labute approximate surface area is 116 Å². The van der Waals surface area contributed by atoms with Crippen molar-refractivity contribution < 1.29 is 44.9 Å². The van der Waals surface area contributed by atoms with Crippen LogP contribution in [0.1, 0.15) is 0 Å². The minimum Gasteiger partial charge on any atom is -0.433 e. The molecule has 0 aliphatic heterocycles. The van der Waals surface area contributed by atoms with Crippen molar-refractivity contribution in [3.8, 4) is 0 Å². The van der Waals surface area contributed by atoms with E-state index in [1.54, 1.807) is 0 Å². The molecule has 0 rings (SSSR count). The molecule has 6 N–H and O–H groups in total. The Balaban J connectivity index is 4.30. The first-order valence-electron chi connectivity index (χ1n) is 5.92. The standard InChI is InChI=1S/C11H22O9/c12-1-10(2-13,3-14)7-19-9(18)20-8-11(4-15,5-16)6-17/h12-17H,1-8H2. The van der Waals surface area contributed by atoms with E-state index in [9.17, 15) is 4.79 Å². The van der Waals surface area contributed by atoms with E-state index in [0.29, 0.717) is 0 Å². The Hall–Kier alpha value is -0.970. The number of hydrogen-bond donors (Lipinski definition) is 6. The molecule has 0 aliphatic rings. The summed E-state index contributed by atoms with van der Waals surface area (Å²) in [4.78, 5) is 11.3. The molecule has 20 heavy (non-hydrogen) atoms. The maximum atomic E-state index is 11.3. The van der Waals surface area contributed by atoms with Crippen LogP contribution in [0.2, 0.25) is 0 Å². The monoisotopic (exact) mass is 298 g/mol. The topological polar surface area (TPSA) is 157 Å². The summed E-state index contributed by atoms with van der Waals surface area (Å²) in [7, 11) is 0. The molecule has 0 heterocycles. The Morgan fingerprint density at radius 1 is 0.650 bits per heavy atom. The van der Waals surface area contributed by atoms with Gasteiger partial charge in [-0.15, -0.1) is 0 Å². The van der Waals surface area contributed by atoms with Crippen molar-refractivity contribution in [3.63, 3.8) is 0 Å². The van der Waals surface area contributed by atoms with Crippen molar-refractivity contribution in [1.82, 2.24) is 0 Å². The first kappa shape index (κ1) is 19.0. The predicted octanol–water partition coefficient (Wildman–Crippen LogP) is -2.93. The summed E-state index contributed by atoms with van der Waals surface area (Å²) in [6, 6.07) is 0. The average molecular weight is 298 g/mol. The van der Waals surface area contributed by atoms with E-state index in [1.165, 1.54) is 0 Å². The molecule has 0 aromatic carbocycles. The largest absolute Gasteiger partial charge is 0.508 e. The number of carbonyl (C=O) groups is 1. The molecule has 0 fully saturated rings. The minimum absolute atomic E-state index is 0.473. The summed E-state index contributed by atoms with van der Waals surface area (Å²) in [6.07, 6.45) is -1.18. The Morgan fingerprint density at radius 2 is 0.900 bits per heavy atom. The lowest BCUT2D eigenvalue weighted by Crippen LogP contribution is -2.41. The van der Waals surface area contributed by atoms with E-state index >= 15 is 0 Å². The zero-order chi connectivity index (χ0) is 15.6. The minimum atomic E-state index is -1.37. The Kier molecular flexibility index (Phi) is 8.62. The van der Waals surface area contributed by atoms with Gasteiger partial charge in [-0.05, 0) is 0 Å². The number of rotatable bonds is 10. The second kappa shape index (κ2) is 9.06. The van der Waals surface area contributed by atoms with Gasteiger partial charge >= 0.3 is 6.16 Å². The molecular weight excluding hydrogens is 276 g/mol. The number of ether oxygens (including phenoxy) is 2. The molecule has 0 bridgehead atoms. The Morgan fingerprint density at radius 3 is 1.10 bits per heavy atom. The maximum absolute atomic E-state index is 11.3. The third-order valence-electron chi connectivity index (χ3n) is 3.00. The molecule has 0 amide bonds. The van der Waals surface area contributed by atoms with Gasteiger partial charge < -0.3 is 40.1 Å². The number of carbonyl (C=O) groups excluding carboxylic acids is 1. The van der Waals surface area contributed by atoms with Gasteiger partial charge in [-0.25, -0.2) is 4.79 Å². The predicted molar refractivity (Wildman–Crippen MR) is 64.7 cm³/mol. The fourth-order valence-electron chi connectivity index (χ4n) is 1.04. The van der Waals surface area contributed by atoms with Crippen molar-refractivity contribution in [2.24, 2.45) is 10.8 Å². The van der Waals surface area contributed by atoms with Crippen molar-refractivity contribution in [3.05, 3.63) is 0 Å². The summed E-state index contributed by atoms with van der Waals surface area (Å²) in [5.74, 6) is 0. The zero-order valence-corrected chi connectivity index (χ0v) is 11.1. The molecular formula is C11H22O9. The lowest BCUT2D eigenvalue weighted by atomic mass is 9.92. The highest BCUT2D eigenvalue weighted by atomic mass is 16.7.